The fourth-order valence-electron chi connectivity index (χ4n) is 0.442. The first-order chi connectivity index (χ1) is 4.29. The van der Waals surface area contributed by atoms with Crippen molar-refractivity contribution in [1.82, 2.24) is 16.2 Å². The number of hydrazine groups is 1. The van der Waals surface area contributed by atoms with Gasteiger partial charge in [0.2, 0.25) is 0 Å². The van der Waals surface area contributed by atoms with E-state index in [4.69, 9.17) is 0 Å². The minimum Gasteiger partial charge on any atom is -0.336 e. The van der Waals surface area contributed by atoms with E-state index in [0.717, 1.165) is 0 Å². The van der Waals surface area contributed by atoms with E-state index < -0.39 is 5.03 Å². The molecule has 0 aromatic heterocycles. The number of rotatable bonds is 1. The van der Waals surface area contributed by atoms with Gasteiger partial charge in [-0.1, -0.05) is 0 Å². The molecule has 0 aliphatic carbocycles. The maximum absolute atomic E-state index is 9.67. The Hall–Kier alpha value is -1.37. The van der Waals surface area contributed by atoms with Crippen LogP contribution < -0.4 is 16.2 Å². The zero-order chi connectivity index (χ0) is 6.69. The van der Waals surface area contributed by atoms with E-state index in [0.29, 0.717) is 6.67 Å². The lowest BCUT2D eigenvalue weighted by atomic mass is 11.0. The van der Waals surface area contributed by atoms with Gasteiger partial charge in [0.1, 0.15) is 5.10 Å². The molecule has 3 N–H and O–H groups in total. The Morgan fingerprint density at radius 2 is 2.56 bits per heavy atom. The van der Waals surface area contributed by atoms with Gasteiger partial charge in [0.25, 0.3) is 5.96 Å². The smallest absolute Gasteiger partial charge is 0.284 e. The molecular weight excluding hydrogens is 126 g/mol. The molecule has 0 bridgehead atoms. The molecular formula is C2H5N5O2. The number of nitrogens with zero attached hydrogens (tertiary/aromatic N) is 2. The van der Waals surface area contributed by atoms with Gasteiger partial charge in [0.05, 0.1) is 6.67 Å². The summed E-state index contributed by atoms with van der Waals surface area (Å²) in [7, 11) is 0. The van der Waals surface area contributed by atoms with E-state index in [1.807, 2.05) is 0 Å². The molecule has 1 aliphatic rings. The molecule has 0 saturated carbocycles. The molecule has 0 amide bonds. The summed E-state index contributed by atoms with van der Waals surface area (Å²) in [6.07, 6.45) is 0. The fourth-order valence-corrected chi connectivity index (χ4v) is 0.442. The molecule has 1 fully saturated rings. The van der Waals surface area contributed by atoms with Crippen molar-refractivity contribution in [1.29, 1.82) is 0 Å². The third-order valence-corrected chi connectivity index (χ3v) is 0.733. The summed E-state index contributed by atoms with van der Waals surface area (Å²) in [4.78, 5) is 9.67. The van der Waals surface area contributed by atoms with Crippen molar-refractivity contribution in [2.45, 2.75) is 0 Å². The third-order valence-electron chi connectivity index (χ3n) is 0.733. The summed E-state index contributed by atoms with van der Waals surface area (Å²) in [5.74, 6) is 0.139. The van der Waals surface area contributed by atoms with E-state index in [1.165, 1.54) is 0 Å². The number of hydrazone groups is 1. The zero-order valence-corrected chi connectivity index (χ0v) is 4.42. The van der Waals surface area contributed by atoms with Gasteiger partial charge in [0.15, 0.2) is 5.03 Å². The van der Waals surface area contributed by atoms with Crippen molar-refractivity contribution in [2.75, 3.05) is 6.67 Å². The first-order valence-electron chi connectivity index (χ1n) is 2.25. The average Bonchev–Trinajstić information content (AvgIpc) is 2.15. The maximum Gasteiger partial charge on any atom is 0.284 e. The Bertz CT molecular complexity index is 145. The molecule has 7 heteroatoms. The number of hydrogen-bond acceptors (Lipinski definition) is 3. The molecule has 1 aliphatic heterocycles. The molecule has 0 spiro atoms. The summed E-state index contributed by atoms with van der Waals surface area (Å²) in [6, 6.07) is 0. The van der Waals surface area contributed by atoms with Crippen LogP contribution in [0.25, 0.3) is 0 Å². The molecule has 1 heterocycles. The highest BCUT2D eigenvalue weighted by Gasteiger charge is 2.07. The molecule has 0 atom stereocenters. The van der Waals surface area contributed by atoms with Crippen molar-refractivity contribution in [3.8, 4) is 0 Å². The Balaban J connectivity index is 2.49. The van der Waals surface area contributed by atoms with Crippen LogP contribution in [0.3, 0.4) is 0 Å². The van der Waals surface area contributed by atoms with E-state index >= 15 is 0 Å². The highest BCUT2D eigenvalue weighted by atomic mass is 16.7. The van der Waals surface area contributed by atoms with E-state index in [-0.39, 0.29) is 5.96 Å². The second kappa shape index (κ2) is 2.27. The van der Waals surface area contributed by atoms with Crippen molar-refractivity contribution in [3.63, 3.8) is 0 Å². The lowest BCUT2D eigenvalue weighted by Crippen LogP contribution is -2.28. The van der Waals surface area contributed by atoms with Crippen LogP contribution in [0.5, 0.6) is 0 Å². The van der Waals surface area contributed by atoms with Gasteiger partial charge >= 0.3 is 0 Å². The highest BCUT2D eigenvalue weighted by molar-refractivity contribution is 5.79. The van der Waals surface area contributed by atoms with Gasteiger partial charge < -0.3 is 5.32 Å². The summed E-state index contributed by atoms with van der Waals surface area (Å²) < 4.78 is 0. The average molecular weight is 131 g/mol. The van der Waals surface area contributed by atoms with Crippen molar-refractivity contribution < 1.29 is 5.03 Å². The number of hydrogen-bond donors (Lipinski definition) is 3. The van der Waals surface area contributed by atoms with Crippen LogP contribution in [-0.2, 0) is 0 Å². The van der Waals surface area contributed by atoms with Crippen LogP contribution in [0, 0.1) is 10.1 Å². The molecule has 0 unspecified atom stereocenters. The van der Waals surface area contributed by atoms with Crippen LogP contribution in [-0.4, -0.2) is 17.7 Å². The largest absolute Gasteiger partial charge is 0.336 e. The minimum atomic E-state index is -0.775. The van der Waals surface area contributed by atoms with Crippen LogP contribution in [0.1, 0.15) is 0 Å². The predicted octanol–water partition coefficient (Wildman–Crippen LogP) is -1.81. The van der Waals surface area contributed by atoms with Gasteiger partial charge in [-0.15, -0.1) is 0 Å². The third kappa shape index (κ3) is 1.53. The van der Waals surface area contributed by atoms with Crippen LogP contribution >= 0.6 is 0 Å². The Morgan fingerprint density at radius 1 is 1.78 bits per heavy atom. The highest BCUT2D eigenvalue weighted by Crippen LogP contribution is 1.73. The minimum absolute atomic E-state index is 0.139. The van der Waals surface area contributed by atoms with E-state index in [9.17, 15) is 10.1 Å². The molecule has 50 valence electrons. The fraction of sp³-hybridized carbons (Fsp3) is 0.500. The number of guanidine groups is 1. The second-order valence-corrected chi connectivity index (χ2v) is 1.34. The van der Waals surface area contributed by atoms with Crippen molar-refractivity contribution in [3.05, 3.63) is 10.1 Å². The Kier molecular flexibility index (Phi) is 1.45. The van der Waals surface area contributed by atoms with E-state index in [1.54, 1.807) is 0 Å². The van der Waals surface area contributed by atoms with Gasteiger partial charge in [-0.25, -0.2) is 15.5 Å². The monoisotopic (exact) mass is 131 g/mol. The summed E-state index contributed by atoms with van der Waals surface area (Å²) >= 11 is 0. The summed E-state index contributed by atoms with van der Waals surface area (Å²) in [6.45, 7) is 0.451. The molecule has 0 radical (unpaired) electrons. The molecule has 0 aromatic rings. The zero-order valence-electron chi connectivity index (χ0n) is 4.42. The van der Waals surface area contributed by atoms with Crippen molar-refractivity contribution >= 4 is 5.96 Å². The Morgan fingerprint density at radius 3 is 3.00 bits per heavy atom. The van der Waals surface area contributed by atoms with Crippen LogP contribution in [0.15, 0.2) is 5.10 Å². The second-order valence-electron chi connectivity index (χ2n) is 1.34. The quantitative estimate of drug-likeness (QED) is 0.288. The SMILES string of the molecule is O=[N+]([O-])N=C1NCNN1. The number of nitro groups is 1. The van der Waals surface area contributed by atoms with Gasteiger partial charge in [-0.05, 0) is 0 Å². The number of nitrogens with one attached hydrogen (secondary N) is 3. The first kappa shape index (κ1) is 5.76. The topological polar surface area (TPSA) is 91.6 Å². The summed E-state index contributed by atoms with van der Waals surface area (Å²) in [5, 5.41) is 14.4. The molecule has 1 rings (SSSR count). The Labute approximate surface area is 50.2 Å². The molecule has 1 saturated heterocycles. The van der Waals surface area contributed by atoms with Crippen LogP contribution in [0.4, 0.5) is 0 Å². The van der Waals surface area contributed by atoms with Crippen molar-refractivity contribution in [2.24, 2.45) is 5.10 Å². The van der Waals surface area contributed by atoms with Gasteiger partial charge in [-0.3, -0.25) is 5.43 Å². The standard InChI is InChI=1S/C2H5N5O2/c8-7(9)6-2-3-1-4-5-2/h4H,1H2,(H2,3,5,6). The van der Waals surface area contributed by atoms with Gasteiger partial charge in [-0.2, -0.15) is 0 Å². The predicted molar refractivity (Wildman–Crippen MR) is 28.7 cm³/mol. The molecule has 7 nitrogen and oxygen atoms in total. The molecule has 9 heavy (non-hydrogen) atoms. The van der Waals surface area contributed by atoms with E-state index in [2.05, 4.69) is 21.3 Å². The first-order valence-corrected chi connectivity index (χ1v) is 2.25. The summed E-state index contributed by atoms with van der Waals surface area (Å²) in [5.41, 5.74) is 5.02. The molecule has 0 aromatic carbocycles. The van der Waals surface area contributed by atoms with Crippen LogP contribution in [0.2, 0.25) is 0 Å². The maximum atomic E-state index is 9.67. The lowest BCUT2D eigenvalue weighted by molar-refractivity contribution is -0.485. The lowest BCUT2D eigenvalue weighted by Gasteiger charge is -1.86. The van der Waals surface area contributed by atoms with Gasteiger partial charge in [0, 0.05) is 0 Å². The normalized spacial score (nSPS) is 21.1.